The maximum Gasteiger partial charge on any atom is 0.373 e. The highest BCUT2D eigenvalue weighted by atomic mass is 16.5. The van der Waals surface area contributed by atoms with Crippen molar-refractivity contribution in [2.45, 2.75) is 6.61 Å². The molecule has 3 rings (SSSR count). The van der Waals surface area contributed by atoms with Crippen LogP contribution in [0.4, 0.5) is 0 Å². The Kier molecular flexibility index (Phi) is 3.60. The van der Waals surface area contributed by atoms with E-state index in [4.69, 9.17) is 9.15 Å². The maximum atomic E-state index is 11.3. The Morgan fingerprint density at radius 2 is 1.86 bits per heavy atom. The molecule has 4 heteroatoms. The average Bonchev–Trinajstić information content (AvgIpc) is 3.01. The van der Waals surface area contributed by atoms with Crippen molar-refractivity contribution in [3.8, 4) is 5.75 Å². The van der Waals surface area contributed by atoms with Gasteiger partial charge in [0.15, 0.2) is 0 Å². The highest BCUT2D eigenvalue weighted by Gasteiger charge is 2.11. The first-order chi connectivity index (χ1) is 10.3. The standard InChI is InChI=1S/C17H14O4/c1-19-17(18)16-9-8-15(21-16)11-20-14-7-6-12-4-2-3-5-13(12)10-14/h2-10H,11H2,1H3. The minimum Gasteiger partial charge on any atom is -0.486 e. The van der Waals surface area contributed by atoms with Crippen LogP contribution < -0.4 is 4.74 Å². The number of carbonyl (C=O) groups excluding carboxylic acids is 1. The van der Waals surface area contributed by atoms with Crippen LogP contribution in [-0.2, 0) is 11.3 Å². The van der Waals surface area contributed by atoms with Crippen molar-refractivity contribution in [3.63, 3.8) is 0 Å². The van der Waals surface area contributed by atoms with Gasteiger partial charge in [0.1, 0.15) is 18.1 Å². The summed E-state index contributed by atoms with van der Waals surface area (Å²) in [4.78, 5) is 11.3. The van der Waals surface area contributed by atoms with E-state index in [9.17, 15) is 4.79 Å². The lowest BCUT2D eigenvalue weighted by Crippen LogP contribution is -1.99. The van der Waals surface area contributed by atoms with Gasteiger partial charge in [-0.15, -0.1) is 0 Å². The molecule has 21 heavy (non-hydrogen) atoms. The van der Waals surface area contributed by atoms with Crippen LogP contribution in [-0.4, -0.2) is 13.1 Å². The van der Waals surface area contributed by atoms with E-state index in [-0.39, 0.29) is 12.4 Å². The predicted octanol–water partition coefficient (Wildman–Crippen LogP) is 3.80. The fraction of sp³-hybridized carbons (Fsp3) is 0.118. The van der Waals surface area contributed by atoms with Crippen LogP contribution in [0, 0.1) is 0 Å². The lowest BCUT2D eigenvalue weighted by molar-refractivity contribution is 0.0561. The molecule has 0 unspecified atom stereocenters. The van der Waals surface area contributed by atoms with Gasteiger partial charge in [0, 0.05) is 0 Å². The van der Waals surface area contributed by atoms with Crippen molar-refractivity contribution < 1.29 is 18.7 Å². The van der Waals surface area contributed by atoms with E-state index >= 15 is 0 Å². The molecule has 0 N–H and O–H groups in total. The van der Waals surface area contributed by atoms with Crippen LogP contribution >= 0.6 is 0 Å². The summed E-state index contributed by atoms with van der Waals surface area (Å²) >= 11 is 0. The highest BCUT2D eigenvalue weighted by molar-refractivity contribution is 5.86. The third-order valence-electron chi connectivity index (χ3n) is 3.15. The average molecular weight is 282 g/mol. The Hall–Kier alpha value is -2.75. The summed E-state index contributed by atoms with van der Waals surface area (Å²) in [7, 11) is 1.32. The van der Waals surface area contributed by atoms with Crippen molar-refractivity contribution in [1.29, 1.82) is 0 Å². The van der Waals surface area contributed by atoms with Crippen molar-refractivity contribution in [2.75, 3.05) is 7.11 Å². The van der Waals surface area contributed by atoms with Crippen molar-refractivity contribution in [3.05, 3.63) is 66.1 Å². The first-order valence-corrected chi connectivity index (χ1v) is 6.55. The molecule has 1 heterocycles. The first kappa shape index (κ1) is 13.2. The third-order valence-corrected chi connectivity index (χ3v) is 3.15. The topological polar surface area (TPSA) is 48.7 Å². The second-order valence-electron chi connectivity index (χ2n) is 4.56. The Morgan fingerprint density at radius 3 is 2.67 bits per heavy atom. The monoisotopic (exact) mass is 282 g/mol. The van der Waals surface area contributed by atoms with E-state index in [0.29, 0.717) is 5.76 Å². The number of ether oxygens (including phenoxy) is 2. The molecule has 0 fully saturated rings. The lowest BCUT2D eigenvalue weighted by atomic mass is 10.1. The Balaban J connectivity index is 1.71. The number of esters is 1. The van der Waals surface area contributed by atoms with Crippen LogP contribution in [0.3, 0.4) is 0 Å². The zero-order valence-electron chi connectivity index (χ0n) is 11.5. The largest absolute Gasteiger partial charge is 0.486 e. The molecule has 0 aliphatic heterocycles. The molecule has 0 saturated carbocycles. The third kappa shape index (κ3) is 2.89. The van der Waals surface area contributed by atoms with Crippen LogP contribution in [0.2, 0.25) is 0 Å². The molecular formula is C17H14O4. The van der Waals surface area contributed by atoms with E-state index < -0.39 is 5.97 Å². The molecule has 0 radical (unpaired) electrons. The molecule has 0 amide bonds. The molecule has 1 aromatic heterocycles. The van der Waals surface area contributed by atoms with Gasteiger partial charge in [-0.1, -0.05) is 30.3 Å². The van der Waals surface area contributed by atoms with E-state index in [2.05, 4.69) is 4.74 Å². The fourth-order valence-corrected chi connectivity index (χ4v) is 2.08. The van der Waals surface area contributed by atoms with E-state index in [1.165, 1.54) is 7.11 Å². The molecule has 0 aliphatic carbocycles. The summed E-state index contributed by atoms with van der Waals surface area (Å²) < 4.78 is 15.6. The van der Waals surface area contributed by atoms with E-state index in [1.54, 1.807) is 12.1 Å². The number of methoxy groups -OCH3 is 1. The van der Waals surface area contributed by atoms with Gasteiger partial charge in [-0.3, -0.25) is 0 Å². The van der Waals surface area contributed by atoms with Crippen LogP contribution in [0.25, 0.3) is 10.8 Å². The number of benzene rings is 2. The number of furan rings is 1. The van der Waals surface area contributed by atoms with Gasteiger partial charge in [0.05, 0.1) is 7.11 Å². The molecule has 0 bridgehead atoms. The van der Waals surface area contributed by atoms with E-state index in [1.807, 2.05) is 42.5 Å². The summed E-state index contributed by atoms with van der Waals surface area (Å²) in [5.41, 5.74) is 0. The zero-order chi connectivity index (χ0) is 14.7. The number of carbonyl (C=O) groups is 1. The first-order valence-electron chi connectivity index (χ1n) is 6.55. The summed E-state index contributed by atoms with van der Waals surface area (Å²) in [6.45, 7) is 0.259. The molecule has 4 nitrogen and oxygen atoms in total. The van der Waals surface area contributed by atoms with Crippen LogP contribution in [0.1, 0.15) is 16.3 Å². The maximum absolute atomic E-state index is 11.3. The molecule has 0 spiro atoms. The SMILES string of the molecule is COC(=O)c1ccc(COc2ccc3ccccc3c2)o1. The highest BCUT2D eigenvalue weighted by Crippen LogP contribution is 2.21. The summed E-state index contributed by atoms with van der Waals surface area (Å²) in [6, 6.07) is 17.2. The predicted molar refractivity (Wildman–Crippen MR) is 78.3 cm³/mol. The quantitative estimate of drug-likeness (QED) is 0.683. The van der Waals surface area contributed by atoms with Crippen LogP contribution in [0.5, 0.6) is 5.75 Å². The van der Waals surface area contributed by atoms with Gasteiger partial charge < -0.3 is 13.9 Å². The van der Waals surface area contributed by atoms with Gasteiger partial charge >= 0.3 is 5.97 Å². The van der Waals surface area contributed by atoms with Gasteiger partial charge in [-0.25, -0.2) is 4.79 Å². The molecule has 2 aromatic carbocycles. The molecule has 0 aliphatic rings. The number of hydrogen-bond donors (Lipinski definition) is 0. The molecule has 0 saturated heterocycles. The Labute approximate surface area is 121 Å². The van der Waals surface area contributed by atoms with E-state index in [0.717, 1.165) is 16.5 Å². The summed E-state index contributed by atoms with van der Waals surface area (Å²) in [6.07, 6.45) is 0. The summed E-state index contributed by atoms with van der Waals surface area (Å²) in [5.74, 6) is 1.01. The van der Waals surface area contributed by atoms with Crippen molar-refractivity contribution >= 4 is 16.7 Å². The number of hydrogen-bond acceptors (Lipinski definition) is 4. The van der Waals surface area contributed by atoms with Gasteiger partial charge in [0.25, 0.3) is 0 Å². The Bertz CT molecular complexity index is 773. The molecule has 0 atom stereocenters. The number of rotatable bonds is 4. The molecule has 3 aromatic rings. The summed E-state index contributed by atoms with van der Waals surface area (Å²) in [5, 5.41) is 2.28. The smallest absolute Gasteiger partial charge is 0.373 e. The minimum atomic E-state index is -0.494. The zero-order valence-corrected chi connectivity index (χ0v) is 11.5. The number of fused-ring (bicyclic) bond motifs is 1. The molecular weight excluding hydrogens is 268 g/mol. The second-order valence-corrected chi connectivity index (χ2v) is 4.56. The van der Waals surface area contributed by atoms with Crippen molar-refractivity contribution in [2.24, 2.45) is 0 Å². The van der Waals surface area contributed by atoms with Crippen LogP contribution in [0.15, 0.2) is 59.0 Å². The minimum absolute atomic E-state index is 0.176. The molecule has 106 valence electrons. The normalized spacial score (nSPS) is 10.5. The van der Waals surface area contributed by atoms with Gasteiger partial charge in [-0.2, -0.15) is 0 Å². The van der Waals surface area contributed by atoms with Crippen molar-refractivity contribution in [1.82, 2.24) is 0 Å². The lowest BCUT2D eigenvalue weighted by Gasteiger charge is -2.05. The van der Waals surface area contributed by atoms with Gasteiger partial charge in [-0.05, 0) is 35.0 Å². The second kappa shape index (κ2) is 5.71. The fourth-order valence-electron chi connectivity index (χ4n) is 2.08. The Morgan fingerprint density at radius 1 is 1.05 bits per heavy atom. The van der Waals surface area contributed by atoms with Gasteiger partial charge in [0.2, 0.25) is 5.76 Å².